The topological polar surface area (TPSA) is 68.0 Å². The predicted molar refractivity (Wildman–Crippen MR) is 97.9 cm³/mol. The van der Waals surface area contributed by atoms with Crippen molar-refractivity contribution in [3.63, 3.8) is 0 Å². The van der Waals surface area contributed by atoms with Gasteiger partial charge in [-0.05, 0) is 43.9 Å². The molecule has 0 bridgehead atoms. The van der Waals surface area contributed by atoms with Gasteiger partial charge in [-0.15, -0.1) is 22.7 Å². The van der Waals surface area contributed by atoms with Crippen molar-refractivity contribution in [2.24, 2.45) is 5.73 Å². The second-order valence-corrected chi connectivity index (χ2v) is 8.16. The van der Waals surface area contributed by atoms with E-state index in [0.29, 0.717) is 6.54 Å². The van der Waals surface area contributed by atoms with Crippen molar-refractivity contribution >= 4 is 40.3 Å². The van der Waals surface area contributed by atoms with E-state index in [-0.39, 0.29) is 5.91 Å². The molecule has 7 heteroatoms. The van der Waals surface area contributed by atoms with Crippen molar-refractivity contribution in [1.82, 2.24) is 10.3 Å². The van der Waals surface area contributed by atoms with E-state index in [4.69, 9.17) is 5.73 Å². The number of nitrogens with two attached hydrogens (primary N) is 1. The SMILES string of the molecule is CSCC[C@H](N)C(=O)NCCc1ccc(-c2csc(C)n2)s1. The highest BCUT2D eigenvalue weighted by atomic mass is 32.2. The molecule has 1 amide bonds. The number of hydrogen-bond acceptors (Lipinski definition) is 6. The molecule has 22 heavy (non-hydrogen) atoms. The standard InChI is InChI=1S/C15H21N3OS3/c1-10-18-13(9-21-10)14-4-3-11(22-14)5-7-17-15(19)12(16)6-8-20-2/h3-4,9,12H,5-8,16H2,1-2H3,(H,17,19)/t12-/m0/s1. The van der Waals surface area contributed by atoms with Crippen LogP contribution in [-0.2, 0) is 11.2 Å². The smallest absolute Gasteiger partial charge is 0.236 e. The number of thiazole rings is 1. The predicted octanol–water partition coefficient (Wildman–Crippen LogP) is 2.92. The third-order valence-electron chi connectivity index (χ3n) is 3.17. The molecule has 0 aliphatic rings. The van der Waals surface area contributed by atoms with Gasteiger partial charge >= 0.3 is 0 Å². The molecule has 0 radical (unpaired) electrons. The molecule has 1 atom stereocenters. The fraction of sp³-hybridized carbons (Fsp3) is 0.467. The van der Waals surface area contributed by atoms with E-state index in [2.05, 4.69) is 27.8 Å². The number of rotatable bonds is 8. The minimum absolute atomic E-state index is 0.0547. The number of carbonyl (C=O) groups is 1. The number of aromatic nitrogens is 1. The van der Waals surface area contributed by atoms with E-state index < -0.39 is 6.04 Å². The van der Waals surface area contributed by atoms with Crippen molar-refractivity contribution in [3.05, 3.63) is 27.4 Å². The molecule has 0 aromatic carbocycles. The van der Waals surface area contributed by atoms with Crippen LogP contribution in [-0.4, -0.2) is 35.5 Å². The Labute approximate surface area is 143 Å². The van der Waals surface area contributed by atoms with E-state index in [1.807, 2.05) is 13.2 Å². The average Bonchev–Trinajstić information content (AvgIpc) is 3.13. The van der Waals surface area contributed by atoms with Gasteiger partial charge in [0, 0.05) is 16.8 Å². The first-order valence-corrected chi connectivity index (χ1v) is 10.2. The maximum absolute atomic E-state index is 11.8. The van der Waals surface area contributed by atoms with Crippen LogP contribution in [0.4, 0.5) is 0 Å². The third-order valence-corrected chi connectivity index (χ3v) is 5.76. The van der Waals surface area contributed by atoms with Crippen molar-refractivity contribution in [2.45, 2.75) is 25.8 Å². The lowest BCUT2D eigenvalue weighted by Crippen LogP contribution is -2.41. The lowest BCUT2D eigenvalue weighted by atomic mass is 10.2. The molecule has 2 aromatic heterocycles. The van der Waals surface area contributed by atoms with Gasteiger partial charge in [-0.1, -0.05) is 0 Å². The highest BCUT2D eigenvalue weighted by Crippen LogP contribution is 2.29. The van der Waals surface area contributed by atoms with E-state index in [0.717, 1.165) is 29.3 Å². The first-order chi connectivity index (χ1) is 10.6. The second kappa shape index (κ2) is 8.67. The summed E-state index contributed by atoms with van der Waals surface area (Å²) in [6.45, 7) is 2.64. The molecule has 0 saturated carbocycles. The van der Waals surface area contributed by atoms with Gasteiger partial charge in [-0.3, -0.25) is 4.79 Å². The number of thioether (sulfide) groups is 1. The second-order valence-electron chi connectivity index (χ2n) is 4.95. The Balaban J connectivity index is 1.78. The van der Waals surface area contributed by atoms with Crippen LogP contribution in [0.1, 0.15) is 16.3 Å². The summed E-state index contributed by atoms with van der Waals surface area (Å²) in [4.78, 5) is 18.7. The van der Waals surface area contributed by atoms with Gasteiger partial charge < -0.3 is 11.1 Å². The third kappa shape index (κ3) is 5.08. The van der Waals surface area contributed by atoms with Gasteiger partial charge in [-0.2, -0.15) is 11.8 Å². The summed E-state index contributed by atoms with van der Waals surface area (Å²) in [7, 11) is 0. The highest BCUT2D eigenvalue weighted by Gasteiger charge is 2.12. The first kappa shape index (κ1) is 17.5. The van der Waals surface area contributed by atoms with Crippen LogP contribution in [0.25, 0.3) is 10.6 Å². The molecule has 120 valence electrons. The molecule has 2 rings (SSSR count). The van der Waals surface area contributed by atoms with Crippen molar-refractivity contribution in [3.8, 4) is 10.6 Å². The van der Waals surface area contributed by atoms with Crippen LogP contribution in [0, 0.1) is 6.92 Å². The van der Waals surface area contributed by atoms with E-state index in [1.54, 1.807) is 34.4 Å². The number of hydrogen-bond donors (Lipinski definition) is 2. The minimum Gasteiger partial charge on any atom is -0.354 e. The minimum atomic E-state index is -0.399. The van der Waals surface area contributed by atoms with Gasteiger partial charge in [-0.25, -0.2) is 4.98 Å². The fourth-order valence-corrected chi connectivity index (χ4v) is 4.09. The number of aryl methyl sites for hydroxylation is 1. The van der Waals surface area contributed by atoms with Crippen LogP contribution in [0.2, 0.25) is 0 Å². The highest BCUT2D eigenvalue weighted by molar-refractivity contribution is 7.98. The number of amides is 1. The van der Waals surface area contributed by atoms with Crippen LogP contribution in [0.5, 0.6) is 0 Å². The molecule has 0 saturated heterocycles. The van der Waals surface area contributed by atoms with Crippen molar-refractivity contribution in [2.75, 3.05) is 18.6 Å². The summed E-state index contributed by atoms with van der Waals surface area (Å²) in [5.41, 5.74) is 6.88. The molecule has 0 aliphatic carbocycles. The molecule has 3 N–H and O–H groups in total. The van der Waals surface area contributed by atoms with Gasteiger partial charge in [0.15, 0.2) is 0 Å². The van der Waals surface area contributed by atoms with E-state index in [9.17, 15) is 4.79 Å². The van der Waals surface area contributed by atoms with Crippen molar-refractivity contribution in [1.29, 1.82) is 0 Å². The molecule has 2 aromatic rings. The Morgan fingerprint density at radius 2 is 2.32 bits per heavy atom. The maximum atomic E-state index is 11.8. The van der Waals surface area contributed by atoms with Crippen LogP contribution < -0.4 is 11.1 Å². The Kier molecular flexibility index (Phi) is 6.88. The van der Waals surface area contributed by atoms with E-state index >= 15 is 0 Å². The number of carbonyl (C=O) groups excluding carboxylic acids is 1. The maximum Gasteiger partial charge on any atom is 0.236 e. The molecule has 0 fully saturated rings. The van der Waals surface area contributed by atoms with Gasteiger partial charge in [0.05, 0.1) is 21.6 Å². The number of nitrogens with one attached hydrogen (secondary N) is 1. The summed E-state index contributed by atoms with van der Waals surface area (Å²) in [5, 5.41) is 6.07. The van der Waals surface area contributed by atoms with Gasteiger partial charge in [0.1, 0.15) is 0 Å². The number of nitrogens with zero attached hydrogens (tertiary/aromatic N) is 1. The normalized spacial score (nSPS) is 12.3. The molecular weight excluding hydrogens is 334 g/mol. The molecule has 0 aliphatic heterocycles. The summed E-state index contributed by atoms with van der Waals surface area (Å²) in [6.07, 6.45) is 3.57. The van der Waals surface area contributed by atoms with E-state index in [1.165, 1.54) is 9.75 Å². The summed E-state index contributed by atoms with van der Waals surface area (Å²) in [5.74, 6) is 0.858. The first-order valence-electron chi connectivity index (χ1n) is 7.13. The molecule has 0 unspecified atom stereocenters. The molecule has 4 nitrogen and oxygen atoms in total. The summed E-state index contributed by atoms with van der Waals surface area (Å²) < 4.78 is 0. The largest absolute Gasteiger partial charge is 0.354 e. The number of thiophene rings is 1. The zero-order chi connectivity index (χ0) is 15.9. The van der Waals surface area contributed by atoms with Crippen LogP contribution >= 0.6 is 34.4 Å². The molecular formula is C15H21N3OS3. The molecule has 2 heterocycles. The average molecular weight is 356 g/mol. The quantitative estimate of drug-likeness (QED) is 0.764. The zero-order valence-corrected chi connectivity index (χ0v) is 15.2. The fourth-order valence-electron chi connectivity index (χ4n) is 1.94. The van der Waals surface area contributed by atoms with Gasteiger partial charge in [0.2, 0.25) is 5.91 Å². The zero-order valence-electron chi connectivity index (χ0n) is 12.8. The lowest BCUT2D eigenvalue weighted by molar-refractivity contribution is -0.122. The summed E-state index contributed by atoms with van der Waals surface area (Å²) in [6, 6.07) is 3.80. The summed E-state index contributed by atoms with van der Waals surface area (Å²) >= 11 is 5.10. The van der Waals surface area contributed by atoms with Crippen LogP contribution in [0.15, 0.2) is 17.5 Å². The lowest BCUT2D eigenvalue weighted by Gasteiger charge is -2.10. The Hall–Kier alpha value is -0.890. The monoisotopic (exact) mass is 355 g/mol. The van der Waals surface area contributed by atoms with Crippen LogP contribution in [0.3, 0.4) is 0 Å². The Morgan fingerprint density at radius 1 is 1.50 bits per heavy atom. The van der Waals surface area contributed by atoms with Crippen molar-refractivity contribution < 1.29 is 4.79 Å². The van der Waals surface area contributed by atoms with Gasteiger partial charge in [0.25, 0.3) is 0 Å². The molecule has 0 spiro atoms. The Morgan fingerprint density at radius 3 is 3.00 bits per heavy atom. The Bertz CT molecular complexity index is 609.